The Labute approximate surface area is 174 Å². The number of methoxy groups -OCH3 is 1. The standard InChI is InChI=1S/C25H36O4/c1-14-17-10-12-23(6)18-11-13-24(23,19(17)8-9-20(14)27-7)29-25(15(18)2)21(26)16(3)22(4,5)28-25/h8-9,15-16,18,21,26H,10-13H2,1-7H3/t15-,16-,18+,21+,23+,24-,25-/m1/s1. The van der Waals surface area contributed by atoms with Crippen LogP contribution in [0.5, 0.6) is 5.75 Å². The monoisotopic (exact) mass is 400 g/mol. The lowest BCUT2D eigenvalue weighted by atomic mass is 9.55. The molecule has 1 spiro atoms. The van der Waals surface area contributed by atoms with E-state index in [9.17, 15) is 5.11 Å². The molecule has 29 heavy (non-hydrogen) atoms. The number of hydrogen-bond acceptors (Lipinski definition) is 4. The van der Waals surface area contributed by atoms with Gasteiger partial charge in [-0.25, -0.2) is 0 Å². The summed E-state index contributed by atoms with van der Waals surface area (Å²) in [6, 6.07) is 4.31. The molecular weight excluding hydrogens is 364 g/mol. The van der Waals surface area contributed by atoms with Gasteiger partial charge in [0.25, 0.3) is 0 Å². The molecule has 2 aliphatic carbocycles. The normalized spacial score (nSPS) is 47.2. The van der Waals surface area contributed by atoms with E-state index in [1.807, 2.05) is 0 Å². The number of fused-ring (bicyclic) bond motifs is 1. The molecule has 2 saturated heterocycles. The van der Waals surface area contributed by atoms with E-state index in [4.69, 9.17) is 14.2 Å². The van der Waals surface area contributed by atoms with Crippen LogP contribution in [0.25, 0.3) is 0 Å². The van der Waals surface area contributed by atoms with Crippen molar-refractivity contribution >= 4 is 0 Å². The maximum absolute atomic E-state index is 11.4. The fraction of sp³-hybridized carbons (Fsp3) is 0.760. The summed E-state index contributed by atoms with van der Waals surface area (Å²) in [7, 11) is 1.74. The summed E-state index contributed by atoms with van der Waals surface area (Å²) in [5.74, 6) is 0.659. The average Bonchev–Trinajstić information content (AvgIpc) is 3.00. The van der Waals surface area contributed by atoms with Crippen LogP contribution in [0.2, 0.25) is 0 Å². The first-order valence-corrected chi connectivity index (χ1v) is 11.3. The molecule has 2 heterocycles. The minimum atomic E-state index is -0.938. The van der Waals surface area contributed by atoms with Gasteiger partial charge in [-0.2, -0.15) is 0 Å². The molecule has 160 valence electrons. The molecule has 2 aliphatic heterocycles. The fourth-order valence-corrected chi connectivity index (χ4v) is 7.54. The Bertz CT molecular complexity index is 863. The average molecular weight is 401 g/mol. The van der Waals surface area contributed by atoms with Crippen LogP contribution in [0.1, 0.15) is 70.6 Å². The molecule has 0 aromatic heterocycles. The lowest BCUT2D eigenvalue weighted by Gasteiger charge is -2.61. The molecule has 0 amide bonds. The Morgan fingerprint density at radius 3 is 2.41 bits per heavy atom. The molecule has 4 aliphatic rings. The van der Waals surface area contributed by atoms with Gasteiger partial charge in [0.05, 0.1) is 12.7 Å². The van der Waals surface area contributed by atoms with Crippen molar-refractivity contribution in [3.8, 4) is 5.75 Å². The third-order valence-corrected chi connectivity index (χ3v) is 9.62. The number of aliphatic hydroxyl groups excluding tert-OH is 1. The van der Waals surface area contributed by atoms with Gasteiger partial charge < -0.3 is 19.3 Å². The van der Waals surface area contributed by atoms with E-state index in [2.05, 4.69) is 53.7 Å². The van der Waals surface area contributed by atoms with Gasteiger partial charge in [0.2, 0.25) is 0 Å². The number of aliphatic hydroxyl groups is 1. The second-order valence-electron chi connectivity index (χ2n) is 10.9. The van der Waals surface area contributed by atoms with E-state index in [1.165, 1.54) is 16.7 Å². The highest BCUT2D eigenvalue weighted by atomic mass is 16.7. The summed E-state index contributed by atoms with van der Waals surface area (Å²) >= 11 is 0. The Balaban J connectivity index is 1.71. The molecule has 3 fully saturated rings. The summed E-state index contributed by atoms with van der Waals surface area (Å²) in [6.45, 7) is 13.1. The molecule has 1 N–H and O–H groups in total. The molecule has 1 aromatic rings. The van der Waals surface area contributed by atoms with Gasteiger partial charge in [0.15, 0.2) is 5.79 Å². The van der Waals surface area contributed by atoms with E-state index in [0.29, 0.717) is 5.92 Å². The Kier molecular flexibility index (Phi) is 3.95. The predicted molar refractivity (Wildman–Crippen MR) is 112 cm³/mol. The lowest BCUT2D eigenvalue weighted by Crippen LogP contribution is -2.65. The van der Waals surface area contributed by atoms with Gasteiger partial charge in [-0.3, -0.25) is 0 Å². The number of hydrogen-bond donors (Lipinski definition) is 1. The first-order chi connectivity index (χ1) is 13.5. The molecular formula is C25H36O4. The smallest absolute Gasteiger partial charge is 0.199 e. The summed E-state index contributed by atoms with van der Waals surface area (Å²) in [4.78, 5) is 0. The largest absolute Gasteiger partial charge is 0.496 e. The van der Waals surface area contributed by atoms with Crippen molar-refractivity contribution in [1.82, 2.24) is 0 Å². The highest BCUT2D eigenvalue weighted by Gasteiger charge is 2.75. The van der Waals surface area contributed by atoms with E-state index in [1.54, 1.807) is 7.11 Å². The van der Waals surface area contributed by atoms with Gasteiger partial charge in [0.1, 0.15) is 17.5 Å². The maximum atomic E-state index is 11.4. The van der Waals surface area contributed by atoms with Gasteiger partial charge in [-0.1, -0.05) is 26.8 Å². The van der Waals surface area contributed by atoms with Crippen LogP contribution in [0.3, 0.4) is 0 Å². The highest BCUT2D eigenvalue weighted by Crippen LogP contribution is 2.72. The third-order valence-electron chi connectivity index (χ3n) is 9.62. The van der Waals surface area contributed by atoms with Crippen molar-refractivity contribution in [3.63, 3.8) is 0 Å². The summed E-state index contributed by atoms with van der Waals surface area (Å²) in [5, 5.41) is 11.4. The van der Waals surface area contributed by atoms with Crippen LogP contribution in [0.4, 0.5) is 0 Å². The molecule has 4 heteroatoms. The van der Waals surface area contributed by atoms with Crippen LogP contribution in [-0.4, -0.2) is 29.7 Å². The number of rotatable bonds is 1. The summed E-state index contributed by atoms with van der Waals surface area (Å²) < 4.78 is 19.5. The fourth-order valence-electron chi connectivity index (χ4n) is 7.54. The number of ether oxygens (including phenoxy) is 3. The Morgan fingerprint density at radius 2 is 1.79 bits per heavy atom. The summed E-state index contributed by atoms with van der Waals surface area (Å²) in [6.07, 6.45) is 3.65. The van der Waals surface area contributed by atoms with Crippen molar-refractivity contribution in [1.29, 1.82) is 0 Å². The first kappa shape index (κ1) is 19.8. The van der Waals surface area contributed by atoms with Gasteiger partial charge in [-0.15, -0.1) is 0 Å². The zero-order chi connectivity index (χ0) is 21.0. The van der Waals surface area contributed by atoms with Crippen molar-refractivity contribution in [2.75, 3.05) is 7.11 Å². The Hall–Kier alpha value is -1.10. The van der Waals surface area contributed by atoms with Crippen LogP contribution in [0.15, 0.2) is 12.1 Å². The molecule has 5 rings (SSSR count). The second kappa shape index (κ2) is 5.77. The van der Waals surface area contributed by atoms with Crippen LogP contribution >= 0.6 is 0 Å². The SMILES string of the molecule is COc1ccc2c(c1C)CC[C@@]1(C)[C@H]3CC[C@@]21O[C@]1(OC(C)(C)[C@H](C)[C@@H]1O)[C@@H]3C. The molecule has 2 bridgehead atoms. The molecule has 4 nitrogen and oxygen atoms in total. The summed E-state index contributed by atoms with van der Waals surface area (Å²) in [5.41, 5.74) is 3.13. The van der Waals surface area contributed by atoms with Crippen molar-refractivity contribution in [2.24, 2.45) is 23.2 Å². The van der Waals surface area contributed by atoms with Gasteiger partial charge in [0, 0.05) is 17.3 Å². The van der Waals surface area contributed by atoms with Crippen LogP contribution < -0.4 is 4.74 Å². The van der Waals surface area contributed by atoms with E-state index in [-0.39, 0.29) is 17.3 Å². The molecule has 7 atom stereocenters. The second-order valence-corrected chi connectivity index (χ2v) is 10.9. The molecule has 1 aromatic carbocycles. The van der Waals surface area contributed by atoms with Gasteiger partial charge >= 0.3 is 0 Å². The molecule has 0 unspecified atom stereocenters. The van der Waals surface area contributed by atoms with Crippen molar-refractivity contribution < 1.29 is 19.3 Å². The lowest BCUT2D eigenvalue weighted by molar-refractivity contribution is -0.391. The highest BCUT2D eigenvalue weighted by molar-refractivity contribution is 5.50. The third kappa shape index (κ3) is 2.11. The van der Waals surface area contributed by atoms with Crippen LogP contribution in [0, 0.1) is 30.1 Å². The minimum absolute atomic E-state index is 0.0192. The maximum Gasteiger partial charge on any atom is 0.199 e. The topological polar surface area (TPSA) is 47.9 Å². The number of benzene rings is 1. The predicted octanol–water partition coefficient (Wildman–Crippen LogP) is 4.73. The molecule has 0 radical (unpaired) electrons. The first-order valence-electron chi connectivity index (χ1n) is 11.3. The Morgan fingerprint density at radius 1 is 1.07 bits per heavy atom. The zero-order valence-corrected chi connectivity index (χ0v) is 19.0. The van der Waals surface area contributed by atoms with E-state index < -0.39 is 23.1 Å². The van der Waals surface area contributed by atoms with E-state index >= 15 is 0 Å². The zero-order valence-electron chi connectivity index (χ0n) is 19.0. The minimum Gasteiger partial charge on any atom is -0.496 e. The molecule has 1 saturated carbocycles. The van der Waals surface area contributed by atoms with Gasteiger partial charge in [-0.05, 0) is 75.1 Å². The van der Waals surface area contributed by atoms with Crippen LogP contribution in [-0.2, 0) is 21.5 Å². The van der Waals surface area contributed by atoms with E-state index in [0.717, 1.165) is 31.4 Å². The van der Waals surface area contributed by atoms with Crippen molar-refractivity contribution in [3.05, 3.63) is 28.8 Å². The quantitative estimate of drug-likeness (QED) is 0.740. The van der Waals surface area contributed by atoms with Crippen molar-refractivity contribution in [2.45, 2.75) is 90.3 Å².